The Morgan fingerprint density at radius 2 is 2.00 bits per heavy atom. The van der Waals surface area contributed by atoms with Crippen LogP contribution < -0.4 is 20.3 Å². The van der Waals surface area contributed by atoms with Gasteiger partial charge < -0.3 is 15.4 Å². The molecule has 1 fully saturated rings. The van der Waals surface area contributed by atoms with E-state index in [9.17, 15) is 4.79 Å². The van der Waals surface area contributed by atoms with Gasteiger partial charge in [-0.05, 0) is 61.6 Å². The highest BCUT2D eigenvalue weighted by molar-refractivity contribution is 6.40. The van der Waals surface area contributed by atoms with Crippen molar-refractivity contribution in [2.24, 2.45) is 0 Å². The molecular formula is C24H21Cl2N5O2. The monoisotopic (exact) mass is 481 g/mol. The zero-order valence-electron chi connectivity index (χ0n) is 17.9. The van der Waals surface area contributed by atoms with E-state index in [2.05, 4.69) is 32.7 Å². The molecule has 3 heterocycles. The first kappa shape index (κ1) is 20.7. The maximum Gasteiger partial charge on any atom is 0.268 e. The minimum Gasteiger partial charge on any atom is -0.453 e. The van der Waals surface area contributed by atoms with Crippen LogP contribution in [0.4, 0.5) is 17.3 Å². The number of fused-ring (bicyclic) bond motifs is 3. The van der Waals surface area contributed by atoms with Crippen molar-refractivity contribution in [3.05, 3.63) is 69.3 Å². The van der Waals surface area contributed by atoms with Gasteiger partial charge in [-0.2, -0.15) is 4.98 Å². The molecule has 3 aliphatic rings. The van der Waals surface area contributed by atoms with Crippen LogP contribution in [-0.2, 0) is 12.0 Å². The van der Waals surface area contributed by atoms with Gasteiger partial charge in [-0.25, -0.2) is 4.98 Å². The number of carbonyl (C=O) groups is 1. The first-order valence-corrected chi connectivity index (χ1v) is 11.7. The number of aromatic nitrogens is 2. The fourth-order valence-electron chi connectivity index (χ4n) is 4.75. The summed E-state index contributed by atoms with van der Waals surface area (Å²) in [5, 5.41) is 7.63. The van der Waals surface area contributed by atoms with E-state index in [1.165, 1.54) is 35.1 Å². The van der Waals surface area contributed by atoms with E-state index in [1.807, 2.05) is 6.07 Å². The van der Waals surface area contributed by atoms with Gasteiger partial charge in [0.25, 0.3) is 5.91 Å². The number of nitrogens with zero attached hydrogens (tertiary/aromatic N) is 3. The van der Waals surface area contributed by atoms with Crippen LogP contribution >= 0.6 is 23.2 Å². The van der Waals surface area contributed by atoms with Crippen molar-refractivity contribution in [3.8, 4) is 5.88 Å². The van der Waals surface area contributed by atoms with Crippen molar-refractivity contribution < 1.29 is 9.53 Å². The van der Waals surface area contributed by atoms with Gasteiger partial charge in [-0.15, -0.1) is 0 Å². The fourth-order valence-corrected chi connectivity index (χ4v) is 5.33. The van der Waals surface area contributed by atoms with Crippen LogP contribution in [0.1, 0.15) is 41.3 Å². The van der Waals surface area contributed by atoms with E-state index in [4.69, 9.17) is 27.9 Å². The maximum atomic E-state index is 13.3. The Kier molecular flexibility index (Phi) is 4.76. The molecule has 1 unspecified atom stereocenters. The van der Waals surface area contributed by atoms with Gasteiger partial charge in [0.05, 0.1) is 15.7 Å². The van der Waals surface area contributed by atoms with Gasteiger partial charge in [0, 0.05) is 24.0 Å². The van der Waals surface area contributed by atoms with E-state index in [1.54, 1.807) is 25.1 Å². The SMILES string of the molecule is CC1Oc2nc(Nc3ccc4c(c3)CCNC43CC3)ncc2C(=O)N1c1c(Cl)cccc1Cl. The minimum absolute atomic E-state index is 0.190. The Balaban J connectivity index is 1.28. The van der Waals surface area contributed by atoms with E-state index in [0.29, 0.717) is 21.7 Å². The van der Waals surface area contributed by atoms with Gasteiger partial charge in [0.2, 0.25) is 11.8 Å². The zero-order chi connectivity index (χ0) is 22.7. The fraction of sp³-hybridized carbons (Fsp3) is 0.292. The van der Waals surface area contributed by atoms with Gasteiger partial charge in [0.15, 0.2) is 6.23 Å². The van der Waals surface area contributed by atoms with Crippen molar-refractivity contribution in [1.29, 1.82) is 0 Å². The van der Waals surface area contributed by atoms with Crippen LogP contribution in [-0.4, -0.2) is 28.6 Å². The molecule has 33 heavy (non-hydrogen) atoms. The molecule has 1 aliphatic carbocycles. The number of ether oxygens (including phenoxy) is 1. The molecule has 0 radical (unpaired) electrons. The second kappa shape index (κ2) is 7.58. The molecule has 1 spiro atoms. The number of anilines is 3. The minimum atomic E-state index is -0.642. The number of halogens is 2. The molecule has 2 N–H and O–H groups in total. The molecule has 2 aromatic carbocycles. The third-order valence-corrected chi connectivity index (χ3v) is 7.12. The third kappa shape index (κ3) is 3.42. The Morgan fingerprint density at radius 3 is 2.76 bits per heavy atom. The molecule has 9 heteroatoms. The number of nitrogens with one attached hydrogen (secondary N) is 2. The number of carbonyl (C=O) groups excluding carboxylic acids is 1. The number of hydrogen-bond donors (Lipinski definition) is 2. The molecule has 7 nitrogen and oxygen atoms in total. The molecule has 1 aromatic heterocycles. The number of hydrogen-bond acceptors (Lipinski definition) is 6. The third-order valence-electron chi connectivity index (χ3n) is 6.51. The number of amides is 1. The Bertz CT molecular complexity index is 1270. The smallest absolute Gasteiger partial charge is 0.268 e. The van der Waals surface area contributed by atoms with E-state index in [-0.39, 0.29) is 22.9 Å². The summed E-state index contributed by atoms with van der Waals surface area (Å²) >= 11 is 12.7. The highest BCUT2D eigenvalue weighted by atomic mass is 35.5. The molecule has 6 rings (SSSR count). The first-order chi connectivity index (χ1) is 15.9. The molecule has 1 saturated carbocycles. The lowest BCUT2D eigenvalue weighted by molar-refractivity contribution is 0.0867. The molecule has 168 valence electrons. The van der Waals surface area contributed by atoms with Crippen molar-refractivity contribution in [3.63, 3.8) is 0 Å². The second-order valence-corrected chi connectivity index (χ2v) is 9.45. The topological polar surface area (TPSA) is 79.4 Å². The van der Waals surface area contributed by atoms with Gasteiger partial charge in [-0.3, -0.25) is 9.69 Å². The molecule has 0 saturated heterocycles. The quantitative estimate of drug-likeness (QED) is 0.544. The van der Waals surface area contributed by atoms with Crippen molar-refractivity contribution in [2.45, 2.75) is 38.0 Å². The number of rotatable bonds is 3. The van der Waals surface area contributed by atoms with E-state index >= 15 is 0 Å². The summed E-state index contributed by atoms with van der Waals surface area (Å²) < 4.78 is 5.97. The Morgan fingerprint density at radius 1 is 1.21 bits per heavy atom. The standard InChI is InChI=1S/C24H21Cl2N5O2/c1-13-31(20-18(25)3-2-4-19(20)26)22(32)16-12-27-23(30-21(16)33-13)29-15-5-6-17-14(11-15)7-10-28-24(17)8-9-24/h2-6,11-13,28H,7-10H2,1H3,(H,27,29,30). The van der Waals surface area contributed by atoms with Crippen LogP contribution in [0.5, 0.6) is 5.88 Å². The molecule has 2 aliphatic heterocycles. The zero-order valence-corrected chi connectivity index (χ0v) is 19.4. The molecule has 3 aromatic rings. The summed E-state index contributed by atoms with van der Waals surface area (Å²) in [6, 6.07) is 11.5. The van der Waals surface area contributed by atoms with Crippen molar-refractivity contribution >= 4 is 46.4 Å². The highest BCUT2D eigenvalue weighted by Gasteiger charge is 2.46. The van der Waals surface area contributed by atoms with Crippen molar-refractivity contribution in [2.75, 3.05) is 16.8 Å². The summed E-state index contributed by atoms with van der Waals surface area (Å²) in [5.74, 6) is 0.276. The van der Waals surface area contributed by atoms with E-state index < -0.39 is 6.23 Å². The maximum absolute atomic E-state index is 13.3. The molecule has 1 amide bonds. The summed E-state index contributed by atoms with van der Waals surface area (Å²) in [4.78, 5) is 23.5. The van der Waals surface area contributed by atoms with Crippen molar-refractivity contribution in [1.82, 2.24) is 15.3 Å². The summed E-state index contributed by atoms with van der Waals surface area (Å²) in [6.07, 6.45) is 4.21. The first-order valence-electron chi connectivity index (χ1n) is 10.9. The average molecular weight is 482 g/mol. The largest absolute Gasteiger partial charge is 0.453 e. The molecular weight excluding hydrogens is 461 g/mol. The van der Waals surface area contributed by atoms with Crippen LogP contribution in [0, 0.1) is 0 Å². The summed E-state index contributed by atoms with van der Waals surface area (Å²) in [6.45, 7) is 2.74. The predicted molar refractivity (Wildman–Crippen MR) is 128 cm³/mol. The lowest BCUT2D eigenvalue weighted by Crippen LogP contribution is -2.46. The van der Waals surface area contributed by atoms with Crippen LogP contribution in [0.15, 0.2) is 42.6 Å². The Labute approximate surface area is 201 Å². The van der Waals surface area contributed by atoms with Gasteiger partial charge in [0.1, 0.15) is 5.56 Å². The second-order valence-electron chi connectivity index (χ2n) is 8.63. The number of benzene rings is 2. The lowest BCUT2D eigenvalue weighted by atomic mass is 9.92. The van der Waals surface area contributed by atoms with Crippen LogP contribution in [0.3, 0.4) is 0 Å². The summed E-state index contributed by atoms with van der Waals surface area (Å²) in [7, 11) is 0. The van der Waals surface area contributed by atoms with Gasteiger partial charge >= 0.3 is 0 Å². The lowest BCUT2D eigenvalue weighted by Gasteiger charge is -2.34. The average Bonchev–Trinajstić information content (AvgIpc) is 3.55. The number of para-hydroxylation sites is 1. The van der Waals surface area contributed by atoms with Crippen LogP contribution in [0.25, 0.3) is 0 Å². The highest BCUT2D eigenvalue weighted by Crippen LogP contribution is 2.49. The molecule has 1 atom stereocenters. The molecule has 0 bridgehead atoms. The predicted octanol–water partition coefficient (Wildman–Crippen LogP) is 5.05. The van der Waals surface area contributed by atoms with E-state index in [0.717, 1.165) is 18.7 Å². The normalized spacial score (nSPS) is 20.2. The van der Waals surface area contributed by atoms with Gasteiger partial charge in [-0.1, -0.05) is 35.3 Å². The van der Waals surface area contributed by atoms with Crippen LogP contribution in [0.2, 0.25) is 10.0 Å². The Hall–Kier alpha value is -2.87. The summed E-state index contributed by atoms with van der Waals surface area (Å²) in [5.41, 5.74) is 4.50.